The number of benzene rings is 8. The van der Waals surface area contributed by atoms with Crippen LogP contribution >= 0.6 is 0 Å². The van der Waals surface area contributed by atoms with Crippen molar-refractivity contribution in [2.24, 2.45) is 0 Å². The Morgan fingerprint density at radius 2 is 0.926 bits per heavy atom. The number of nitriles is 1. The fraction of sp³-hybridized carbons (Fsp3) is 0. The number of nitrogens with zero attached hydrogens (tertiary/aromatic N) is 3. The molecule has 0 aliphatic rings. The highest BCUT2D eigenvalue weighted by molar-refractivity contribution is 6.23. The van der Waals surface area contributed by atoms with Crippen LogP contribution in [0.1, 0.15) is 5.56 Å². The smallest absolute Gasteiger partial charge is 0.160 e. The number of rotatable bonds is 3. The van der Waals surface area contributed by atoms with E-state index in [1.807, 2.05) is 42.5 Å². The monoisotopic (exact) mass is 689 g/mol. The van der Waals surface area contributed by atoms with Crippen molar-refractivity contribution in [1.29, 1.82) is 5.26 Å². The van der Waals surface area contributed by atoms with Gasteiger partial charge in [0.15, 0.2) is 11.2 Å². The largest absolute Gasteiger partial charge is 0.454 e. The van der Waals surface area contributed by atoms with E-state index in [4.69, 9.17) is 8.83 Å². The Morgan fingerprint density at radius 3 is 1.56 bits per heavy atom. The lowest BCUT2D eigenvalue weighted by Gasteiger charge is -2.16. The van der Waals surface area contributed by atoms with Gasteiger partial charge in [-0.15, -0.1) is 0 Å². The average molecular weight is 690 g/mol. The van der Waals surface area contributed by atoms with Crippen LogP contribution in [0.3, 0.4) is 0 Å². The van der Waals surface area contributed by atoms with Crippen molar-refractivity contribution in [2.75, 3.05) is 0 Å². The van der Waals surface area contributed by atoms with Crippen molar-refractivity contribution >= 4 is 87.5 Å². The SMILES string of the molecule is N#Cc1cc(-c2ccccc2-n2c3ccccc3c3ccc4c5ccccc5oc4c32)cc(-n2c3ccccc3c3ccc4c5ccccc5oc4c32)c1. The lowest BCUT2D eigenvalue weighted by molar-refractivity contribution is 0.670. The number of fused-ring (bicyclic) bond motifs is 14. The number of aromatic nitrogens is 2. The summed E-state index contributed by atoms with van der Waals surface area (Å²) in [5, 5.41) is 19.4. The summed E-state index contributed by atoms with van der Waals surface area (Å²) in [6.07, 6.45) is 0. The second-order valence-electron chi connectivity index (χ2n) is 14.0. The van der Waals surface area contributed by atoms with Gasteiger partial charge in [-0.3, -0.25) is 0 Å². The molecule has 0 saturated carbocycles. The van der Waals surface area contributed by atoms with Gasteiger partial charge in [0.1, 0.15) is 11.2 Å². The zero-order valence-corrected chi connectivity index (χ0v) is 28.7. The normalized spacial score (nSPS) is 12.1. The Morgan fingerprint density at radius 1 is 0.426 bits per heavy atom. The molecule has 4 heterocycles. The van der Waals surface area contributed by atoms with E-state index < -0.39 is 0 Å². The van der Waals surface area contributed by atoms with E-state index >= 15 is 0 Å². The summed E-state index contributed by atoms with van der Waals surface area (Å²) in [6.45, 7) is 0. The molecule has 12 rings (SSSR count). The topological polar surface area (TPSA) is 59.9 Å². The molecule has 0 amide bonds. The van der Waals surface area contributed by atoms with Gasteiger partial charge in [0.25, 0.3) is 0 Å². The molecule has 54 heavy (non-hydrogen) atoms. The van der Waals surface area contributed by atoms with Crippen LogP contribution in [0.5, 0.6) is 0 Å². The van der Waals surface area contributed by atoms with Crippen LogP contribution in [0.15, 0.2) is 173 Å². The van der Waals surface area contributed by atoms with Gasteiger partial charge >= 0.3 is 0 Å². The maximum atomic E-state index is 10.6. The van der Waals surface area contributed by atoms with Crippen LogP contribution in [0.4, 0.5) is 0 Å². The summed E-state index contributed by atoms with van der Waals surface area (Å²) < 4.78 is 17.9. The zero-order chi connectivity index (χ0) is 35.5. The Labute approximate surface area is 307 Å². The summed E-state index contributed by atoms with van der Waals surface area (Å²) in [7, 11) is 0. The van der Waals surface area contributed by atoms with Crippen LogP contribution in [-0.4, -0.2) is 9.13 Å². The van der Waals surface area contributed by atoms with Crippen LogP contribution in [0.2, 0.25) is 0 Å². The predicted octanol–water partition coefficient (Wildman–Crippen LogP) is 13.2. The third-order valence-electron chi connectivity index (χ3n) is 11.1. The summed E-state index contributed by atoms with van der Waals surface area (Å²) in [4.78, 5) is 0. The highest BCUT2D eigenvalue weighted by atomic mass is 16.3. The quantitative estimate of drug-likeness (QED) is 0.185. The Bertz CT molecular complexity index is 3590. The number of para-hydroxylation sites is 5. The van der Waals surface area contributed by atoms with E-state index in [1.165, 1.54) is 0 Å². The molecule has 4 aromatic heterocycles. The van der Waals surface area contributed by atoms with Gasteiger partial charge in [0.05, 0.1) is 39.4 Å². The Kier molecular flexibility index (Phi) is 5.78. The first kappa shape index (κ1) is 29.1. The first-order chi connectivity index (χ1) is 26.7. The molecule has 0 aliphatic heterocycles. The van der Waals surface area contributed by atoms with Gasteiger partial charge in [0.2, 0.25) is 0 Å². The van der Waals surface area contributed by atoms with Gasteiger partial charge < -0.3 is 18.0 Å². The maximum absolute atomic E-state index is 10.6. The van der Waals surface area contributed by atoms with Gasteiger partial charge in [0, 0.05) is 54.3 Å². The van der Waals surface area contributed by atoms with Crippen molar-refractivity contribution < 1.29 is 8.83 Å². The average Bonchev–Trinajstić information content (AvgIpc) is 3.98. The molecule has 0 atom stereocenters. The van der Waals surface area contributed by atoms with Crippen molar-refractivity contribution in [2.45, 2.75) is 0 Å². The summed E-state index contributed by atoms with van der Waals surface area (Å²) in [5.41, 5.74) is 11.9. The first-order valence-corrected chi connectivity index (χ1v) is 18.1. The summed E-state index contributed by atoms with van der Waals surface area (Å²) in [6, 6.07) is 59.3. The van der Waals surface area contributed by atoms with E-state index in [2.05, 4.69) is 137 Å². The van der Waals surface area contributed by atoms with E-state index in [9.17, 15) is 5.26 Å². The zero-order valence-electron chi connectivity index (χ0n) is 28.7. The lowest BCUT2D eigenvalue weighted by Crippen LogP contribution is -2.00. The fourth-order valence-electron chi connectivity index (χ4n) is 8.85. The molecule has 250 valence electrons. The lowest BCUT2D eigenvalue weighted by atomic mass is 10.00. The van der Waals surface area contributed by atoms with Gasteiger partial charge in [-0.25, -0.2) is 0 Å². The highest BCUT2D eigenvalue weighted by Crippen LogP contribution is 2.44. The van der Waals surface area contributed by atoms with E-state index in [0.717, 1.165) is 110 Å². The van der Waals surface area contributed by atoms with Crippen molar-refractivity contribution in [3.8, 4) is 28.6 Å². The van der Waals surface area contributed by atoms with Gasteiger partial charge in [-0.2, -0.15) is 5.26 Å². The van der Waals surface area contributed by atoms with Crippen molar-refractivity contribution in [3.63, 3.8) is 0 Å². The Balaban J connectivity index is 1.17. The van der Waals surface area contributed by atoms with Crippen LogP contribution < -0.4 is 0 Å². The molecule has 0 aliphatic carbocycles. The third-order valence-corrected chi connectivity index (χ3v) is 11.1. The molecule has 8 aromatic carbocycles. The number of furan rings is 2. The molecule has 0 N–H and O–H groups in total. The predicted molar refractivity (Wildman–Crippen MR) is 220 cm³/mol. The first-order valence-electron chi connectivity index (χ1n) is 18.1. The van der Waals surface area contributed by atoms with E-state index in [-0.39, 0.29) is 0 Å². The van der Waals surface area contributed by atoms with Crippen molar-refractivity contribution in [3.05, 3.63) is 169 Å². The molecule has 0 radical (unpaired) electrons. The van der Waals surface area contributed by atoms with E-state index in [1.54, 1.807) is 0 Å². The molecule has 12 aromatic rings. The summed E-state index contributed by atoms with van der Waals surface area (Å²) >= 11 is 0. The van der Waals surface area contributed by atoms with Crippen molar-refractivity contribution in [1.82, 2.24) is 9.13 Å². The molecule has 5 nitrogen and oxygen atoms in total. The molecule has 0 fully saturated rings. The molecule has 0 bridgehead atoms. The van der Waals surface area contributed by atoms with Gasteiger partial charge in [-0.1, -0.05) is 103 Å². The molecule has 0 spiro atoms. The minimum absolute atomic E-state index is 0.571. The molecule has 0 unspecified atom stereocenters. The van der Waals surface area contributed by atoms with Crippen LogP contribution in [0.25, 0.3) is 110 Å². The molecule has 0 saturated heterocycles. The Hall–Kier alpha value is -7.55. The number of hydrogen-bond acceptors (Lipinski definition) is 3. The van der Waals surface area contributed by atoms with E-state index in [0.29, 0.717) is 5.56 Å². The highest BCUT2D eigenvalue weighted by Gasteiger charge is 2.23. The summed E-state index contributed by atoms with van der Waals surface area (Å²) in [5.74, 6) is 0. The molecule has 5 heteroatoms. The number of hydrogen-bond donors (Lipinski definition) is 0. The second-order valence-corrected chi connectivity index (χ2v) is 14.0. The van der Waals surface area contributed by atoms with Crippen LogP contribution in [0, 0.1) is 11.3 Å². The van der Waals surface area contributed by atoms with Gasteiger partial charge in [-0.05, 0) is 66.2 Å². The second kappa shape index (κ2) is 10.7. The van der Waals surface area contributed by atoms with Crippen LogP contribution in [-0.2, 0) is 0 Å². The third kappa shape index (κ3) is 3.86. The molecular formula is C49H27N3O2. The standard InChI is InChI=1S/C49H27N3O2/c50-28-29-25-30(27-31(26-29)51-42-17-7-2-12-33(42)37-21-23-39-35-14-4-9-19-44(35)53-48(39)46(37)51)32-11-1-6-16-41(32)52-43-18-8-3-13-34(43)38-22-24-40-36-15-5-10-20-45(36)54-49(40)47(38)52/h1-27H. The fourth-order valence-corrected chi connectivity index (χ4v) is 8.85. The minimum atomic E-state index is 0.571. The minimum Gasteiger partial charge on any atom is -0.454 e. The molecular weight excluding hydrogens is 663 g/mol. The maximum Gasteiger partial charge on any atom is 0.160 e.